The van der Waals surface area contributed by atoms with Crippen LogP contribution < -0.4 is 0 Å². The van der Waals surface area contributed by atoms with Crippen molar-refractivity contribution in [2.75, 3.05) is 0 Å². The van der Waals surface area contributed by atoms with E-state index in [2.05, 4.69) is 6.07 Å². The van der Waals surface area contributed by atoms with Crippen LogP contribution >= 0.6 is 0 Å². The summed E-state index contributed by atoms with van der Waals surface area (Å²) in [5.74, 6) is -0.324. The van der Waals surface area contributed by atoms with Crippen molar-refractivity contribution in [3.63, 3.8) is 0 Å². The Balaban J connectivity index is 2.24. The number of benzene rings is 2. The summed E-state index contributed by atoms with van der Waals surface area (Å²) in [4.78, 5) is 12.0. The molecule has 2 rings (SSSR count). The van der Waals surface area contributed by atoms with E-state index in [1.165, 1.54) is 0 Å². The number of esters is 1. The van der Waals surface area contributed by atoms with Crippen LogP contribution in [0.15, 0.2) is 42.5 Å². The highest BCUT2D eigenvalue weighted by molar-refractivity contribution is 5.90. The first-order chi connectivity index (χ1) is 10.3. The van der Waals surface area contributed by atoms with Gasteiger partial charge in [-0.3, -0.25) is 0 Å². The Hall–Kier alpha value is -2.60. The number of nitriles is 1. The number of ether oxygens (including phenoxy) is 1. The quantitative estimate of drug-likeness (QED) is 0.766. The first-order valence-corrected chi connectivity index (χ1v) is 7.15. The largest absolute Gasteiger partial charge is 0.456 e. The van der Waals surface area contributed by atoms with Crippen LogP contribution in [0.25, 0.3) is 11.1 Å². The molecule has 2 aromatic rings. The molecule has 3 nitrogen and oxygen atoms in total. The van der Waals surface area contributed by atoms with Crippen molar-refractivity contribution >= 4 is 5.97 Å². The van der Waals surface area contributed by atoms with Crippen LogP contribution in [0.4, 0.5) is 0 Å². The third-order valence-corrected chi connectivity index (χ3v) is 3.20. The molecular weight excluding hydrogens is 274 g/mol. The van der Waals surface area contributed by atoms with E-state index >= 15 is 0 Å². The average molecular weight is 293 g/mol. The molecule has 0 aliphatic rings. The van der Waals surface area contributed by atoms with Crippen molar-refractivity contribution in [3.05, 3.63) is 59.2 Å². The first-order valence-electron chi connectivity index (χ1n) is 7.15. The summed E-state index contributed by atoms with van der Waals surface area (Å²) in [5.41, 5.74) is 3.67. The fourth-order valence-corrected chi connectivity index (χ4v) is 2.10. The minimum atomic E-state index is -0.500. The molecule has 0 bridgehead atoms. The van der Waals surface area contributed by atoms with Gasteiger partial charge in [-0.15, -0.1) is 0 Å². The molecule has 0 heterocycles. The van der Waals surface area contributed by atoms with Crippen LogP contribution in [-0.4, -0.2) is 11.6 Å². The standard InChI is InChI=1S/C19H19NO2/c1-13-11-16(9-10-17(13)12-20)14-5-7-15(8-6-14)18(21)22-19(2,3)4/h5-11H,1-4H3. The van der Waals surface area contributed by atoms with E-state index in [1.807, 2.05) is 58.0 Å². The zero-order chi connectivity index (χ0) is 16.3. The van der Waals surface area contributed by atoms with E-state index in [0.29, 0.717) is 11.1 Å². The van der Waals surface area contributed by atoms with E-state index in [-0.39, 0.29) is 5.97 Å². The van der Waals surface area contributed by atoms with Crippen LogP contribution in [0.2, 0.25) is 0 Å². The van der Waals surface area contributed by atoms with Gasteiger partial charge in [0.15, 0.2) is 0 Å². The third-order valence-electron chi connectivity index (χ3n) is 3.20. The van der Waals surface area contributed by atoms with E-state index in [0.717, 1.165) is 16.7 Å². The van der Waals surface area contributed by atoms with Gasteiger partial charge >= 0.3 is 5.97 Å². The maximum absolute atomic E-state index is 12.0. The summed E-state index contributed by atoms with van der Waals surface area (Å²) < 4.78 is 5.34. The summed E-state index contributed by atoms with van der Waals surface area (Å²) in [6, 6.07) is 15.2. The molecule has 0 aliphatic heterocycles. The second-order valence-electron chi connectivity index (χ2n) is 6.22. The van der Waals surface area contributed by atoms with Crippen LogP contribution in [0, 0.1) is 18.3 Å². The molecule has 0 spiro atoms. The van der Waals surface area contributed by atoms with E-state index < -0.39 is 5.60 Å². The van der Waals surface area contributed by atoms with Gasteiger partial charge in [-0.2, -0.15) is 5.26 Å². The van der Waals surface area contributed by atoms with E-state index in [4.69, 9.17) is 10.00 Å². The molecule has 0 radical (unpaired) electrons. The van der Waals surface area contributed by atoms with Gasteiger partial charge in [0.1, 0.15) is 5.60 Å². The second-order valence-corrected chi connectivity index (χ2v) is 6.22. The van der Waals surface area contributed by atoms with Gasteiger partial charge in [0.25, 0.3) is 0 Å². The number of nitrogens with zero attached hydrogens (tertiary/aromatic N) is 1. The number of aryl methyl sites for hydroxylation is 1. The smallest absolute Gasteiger partial charge is 0.338 e. The number of carbonyl (C=O) groups excluding carboxylic acids is 1. The number of carbonyl (C=O) groups is 1. The van der Waals surface area contributed by atoms with Crippen LogP contribution in [0.1, 0.15) is 42.3 Å². The van der Waals surface area contributed by atoms with Crippen molar-refractivity contribution < 1.29 is 9.53 Å². The normalized spacial score (nSPS) is 10.9. The molecule has 0 N–H and O–H groups in total. The molecule has 0 unspecified atom stereocenters. The Labute approximate surface area is 131 Å². The third kappa shape index (κ3) is 3.73. The van der Waals surface area contributed by atoms with Gasteiger partial charge in [0.2, 0.25) is 0 Å². The number of hydrogen-bond donors (Lipinski definition) is 0. The Morgan fingerprint density at radius 3 is 2.14 bits per heavy atom. The first kappa shape index (κ1) is 15.8. The molecule has 0 fully saturated rings. The Morgan fingerprint density at radius 2 is 1.64 bits per heavy atom. The highest BCUT2D eigenvalue weighted by atomic mass is 16.6. The predicted octanol–water partition coefficient (Wildman–Crippen LogP) is 4.49. The zero-order valence-corrected chi connectivity index (χ0v) is 13.3. The van der Waals surface area contributed by atoms with E-state index in [1.54, 1.807) is 12.1 Å². The molecule has 0 aliphatic carbocycles. The zero-order valence-electron chi connectivity index (χ0n) is 13.3. The SMILES string of the molecule is Cc1cc(-c2ccc(C(=O)OC(C)(C)C)cc2)ccc1C#N. The van der Waals surface area contributed by atoms with Gasteiger partial charge in [-0.1, -0.05) is 24.3 Å². The van der Waals surface area contributed by atoms with Crippen molar-refractivity contribution in [2.45, 2.75) is 33.3 Å². The highest BCUT2D eigenvalue weighted by Gasteiger charge is 2.17. The molecule has 112 valence electrons. The highest BCUT2D eigenvalue weighted by Crippen LogP contribution is 2.23. The maximum atomic E-state index is 12.0. The summed E-state index contributed by atoms with van der Waals surface area (Å²) in [6.45, 7) is 7.45. The molecule has 0 saturated heterocycles. The summed E-state index contributed by atoms with van der Waals surface area (Å²) in [5, 5.41) is 8.97. The maximum Gasteiger partial charge on any atom is 0.338 e. The van der Waals surface area contributed by atoms with Crippen molar-refractivity contribution in [2.24, 2.45) is 0 Å². The number of hydrogen-bond acceptors (Lipinski definition) is 3. The molecule has 22 heavy (non-hydrogen) atoms. The van der Waals surface area contributed by atoms with Crippen LogP contribution in [0.3, 0.4) is 0 Å². The van der Waals surface area contributed by atoms with Crippen LogP contribution in [0.5, 0.6) is 0 Å². The minimum absolute atomic E-state index is 0.324. The van der Waals surface area contributed by atoms with E-state index in [9.17, 15) is 4.79 Å². The van der Waals surface area contributed by atoms with Crippen molar-refractivity contribution in [1.29, 1.82) is 5.26 Å². The molecule has 0 aromatic heterocycles. The minimum Gasteiger partial charge on any atom is -0.456 e. The average Bonchev–Trinajstić information content (AvgIpc) is 2.45. The van der Waals surface area contributed by atoms with Gasteiger partial charge in [-0.05, 0) is 62.6 Å². The molecule has 3 heteroatoms. The van der Waals surface area contributed by atoms with Gasteiger partial charge in [0.05, 0.1) is 17.2 Å². The predicted molar refractivity (Wildman–Crippen MR) is 86.5 cm³/mol. The number of rotatable bonds is 2. The fraction of sp³-hybridized carbons (Fsp3) is 0.263. The monoisotopic (exact) mass is 293 g/mol. The lowest BCUT2D eigenvalue weighted by molar-refractivity contribution is 0.00696. The van der Waals surface area contributed by atoms with Gasteiger partial charge in [0, 0.05) is 0 Å². The van der Waals surface area contributed by atoms with Crippen molar-refractivity contribution in [1.82, 2.24) is 0 Å². The van der Waals surface area contributed by atoms with Crippen molar-refractivity contribution in [3.8, 4) is 17.2 Å². The lowest BCUT2D eigenvalue weighted by Crippen LogP contribution is -2.23. The van der Waals surface area contributed by atoms with Gasteiger partial charge < -0.3 is 4.74 Å². The summed E-state index contributed by atoms with van der Waals surface area (Å²) in [7, 11) is 0. The lowest BCUT2D eigenvalue weighted by Gasteiger charge is -2.19. The molecule has 0 atom stereocenters. The second kappa shape index (κ2) is 6.03. The molecule has 0 amide bonds. The molecule has 2 aromatic carbocycles. The molecular formula is C19H19NO2. The Kier molecular flexibility index (Phi) is 4.32. The van der Waals surface area contributed by atoms with Crippen LogP contribution in [-0.2, 0) is 4.74 Å². The lowest BCUT2D eigenvalue weighted by atomic mass is 9.99. The van der Waals surface area contributed by atoms with Gasteiger partial charge in [-0.25, -0.2) is 4.79 Å². The Bertz CT molecular complexity index is 732. The summed E-state index contributed by atoms with van der Waals surface area (Å²) in [6.07, 6.45) is 0. The Morgan fingerprint density at radius 1 is 1.05 bits per heavy atom. The fourth-order valence-electron chi connectivity index (χ4n) is 2.10. The molecule has 0 saturated carbocycles. The summed E-state index contributed by atoms with van der Waals surface area (Å²) >= 11 is 0. The topological polar surface area (TPSA) is 50.1 Å².